The third-order valence-corrected chi connectivity index (χ3v) is 1.49. The third-order valence-electron chi connectivity index (χ3n) is 1.05. The number of hydrogen-bond donors (Lipinski definition) is 1. The fraction of sp³-hybridized carbons (Fsp3) is 0.800. The maximum atomic E-state index is 10.0. The molecule has 0 spiro atoms. The molecule has 0 N–H and O–H groups in total. The number of aliphatic carboxylic acids is 1. The minimum atomic E-state index is -0.998. The van der Waals surface area contributed by atoms with E-state index in [4.69, 9.17) is 0 Å². The predicted molar refractivity (Wildman–Crippen MR) is 32.6 cm³/mol. The Labute approximate surface area is 54.3 Å². The Hall–Kier alpha value is -0.180. The lowest BCUT2D eigenvalue weighted by Gasteiger charge is -2.10. The number of rotatable bonds is 3. The molecule has 0 heterocycles. The smallest absolute Gasteiger partial charge is 0.0453 e. The predicted octanol–water partition coefficient (Wildman–Crippen LogP) is -0.308. The zero-order valence-corrected chi connectivity index (χ0v) is 5.65. The summed E-state index contributed by atoms with van der Waals surface area (Å²) in [5.41, 5.74) is 0. The van der Waals surface area contributed by atoms with E-state index < -0.39 is 5.97 Å². The maximum absolute atomic E-state index is 10.0. The van der Waals surface area contributed by atoms with E-state index in [2.05, 4.69) is 12.6 Å². The highest BCUT2D eigenvalue weighted by molar-refractivity contribution is 7.80. The lowest BCUT2D eigenvalue weighted by Crippen LogP contribution is -2.31. The van der Waals surface area contributed by atoms with Crippen LogP contribution in [0.2, 0.25) is 0 Å². The molecule has 0 radical (unpaired) electrons. The Kier molecular flexibility index (Phi) is 3.69. The Morgan fingerprint density at radius 3 is 2.38 bits per heavy atom. The van der Waals surface area contributed by atoms with E-state index in [1.807, 2.05) is 0 Å². The molecule has 0 aliphatic carbocycles. The molecule has 0 aromatic carbocycles. The van der Waals surface area contributed by atoms with E-state index in [1.165, 1.54) is 0 Å². The van der Waals surface area contributed by atoms with Crippen molar-refractivity contribution in [1.82, 2.24) is 0 Å². The van der Waals surface area contributed by atoms with E-state index in [1.54, 1.807) is 6.92 Å². The largest absolute Gasteiger partial charge is 0.550 e. The van der Waals surface area contributed by atoms with Gasteiger partial charge in [0, 0.05) is 11.9 Å². The first-order chi connectivity index (χ1) is 3.72. The standard InChI is InChI=1S/C5H10O2S/c1-2-4(3-8)5(6)7/h4,8H,2-3H2,1H3,(H,6,7)/p-1. The molecule has 1 unspecified atom stereocenters. The average molecular weight is 133 g/mol. The summed E-state index contributed by atoms with van der Waals surface area (Å²) in [7, 11) is 0. The van der Waals surface area contributed by atoms with Crippen molar-refractivity contribution >= 4 is 18.6 Å². The number of carboxylic acids is 1. The summed E-state index contributed by atoms with van der Waals surface area (Å²) in [6.45, 7) is 1.80. The number of thiol groups is 1. The van der Waals surface area contributed by atoms with Crippen molar-refractivity contribution in [3.63, 3.8) is 0 Å². The maximum Gasteiger partial charge on any atom is 0.0453 e. The molecule has 0 rings (SSSR count). The van der Waals surface area contributed by atoms with Crippen molar-refractivity contribution in [3.05, 3.63) is 0 Å². The number of carbonyl (C=O) groups excluding carboxylic acids is 1. The van der Waals surface area contributed by atoms with Crippen LogP contribution in [0, 0.1) is 5.92 Å². The second-order valence-electron chi connectivity index (χ2n) is 1.61. The highest BCUT2D eigenvalue weighted by Gasteiger charge is 2.01. The van der Waals surface area contributed by atoms with Crippen molar-refractivity contribution in [2.45, 2.75) is 13.3 Å². The highest BCUT2D eigenvalue weighted by Crippen LogP contribution is 2.01. The monoisotopic (exact) mass is 133 g/mol. The molecule has 8 heavy (non-hydrogen) atoms. The third kappa shape index (κ3) is 2.21. The first-order valence-electron chi connectivity index (χ1n) is 2.54. The van der Waals surface area contributed by atoms with E-state index in [-0.39, 0.29) is 5.92 Å². The molecule has 0 fully saturated rings. The number of carboxylic acid groups (broad SMARTS) is 1. The SMILES string of the molecule is CCC(CS)C(=O)[O-]. The summed E-state index contributed by atoms with van der Waals surface area (Å²) in [4.78, 5) is 10.0. The van der Waals surface area contributed by atoms with Gasteiger partial charge in [-0.15, -0.1) is 0 Å². The van der Waals surface area contributed by atoms with E-state index in [0.717, 1.165) is 0 Å². The Balaban J connectivity index is 3.52. The van der Waals surface area contributed by atoms with Gasteiger partial charge in [-0.05, 0) is 12.2 Å². The average Bonchev–Trinajstić information content (AvgIpc) is 1.69. The van der Waals surface area contributed by atoms with Gasteiger partial charge in [0.25, 0.3) is 0 Å². The van der Waals surface area contributed by atoms with Gasteiger partial charge in [-0.3, -0.25) is 0 Å². The van der Waals surface area contributed by atoms with Gasteiger partial charge in [0.2, 0.25) is 0 Å². The highest BCUT2D eigenvalue weighted by atomic mass is 32.1. The molecule has 0 bridgehead atoms. The van der Waals surface area contributed by atoms with Crippen LogP contribution in [-0.4, -0.2) is 11.7 Å². The molecule has 0 aromatic rings. The number of hydrogen-bond acceptors (Lipinski definition) is 3. The van der Waals surface area contributed by atoms with Gasteiger partial charge >= 0.3 is 0 Å². The molecular formula is C5H9O2S-. The van der Waals surface area contributed by atoms with Crippen molar-refractivity contribution in [2.75, 3.05) is 5.75 Å². The van der Waals surface area contributed by atoms with Crippen LogP contribution < -0.4 is 5.11 Å². The lowest BCUT2D eigenvalue weighted by atomic mass is 10.1. The van der Waals surface area contributed by atoms with E-state index in [0.29, 0.717) is 12.2 Å². The van der Waals surface area contributed by atoms with Crippen LogP contribution in [-0.2, 0) is 4.79 Å². The molecule has 0 amide bonds. The summed E-state index contributed by atoms with van der Waals surface area (Å²) in [5.74, 6) is -1.00. The summed E-state index contributed by atoms with van der Waals surface area (Å²) in [5, 5.41) is 10.0. The molecular weight excluding hydrogens is 124 g/mol. The zero-order valence-electron chi connectivity index (χ0n) is 4.76. The van der Waals surface area contributed by atoms with Crippen molar-refractivity contribution in [1.29, 1.82) is 0 Å². The molecule has 2 nitrogen and oxygen atoms in total. The Morgan fingerprint density at radius 1 is 1.88 bits per heavy atom. The molecule has 0 saturated heterocycles. The van der Waals surface area contributed by atoms with Gasteiger partial charge in [0.1, 0.15) is 0 Å². The first kappa shape index (κ1) is 7.82. The second kappa shape index (κ2) is 3.78. The molecule has 0 aromatic heterocycles. The van der Waals surface area contributed by atoms with Crippen LogP contribution in [0.1, 0.15) is 13.3 Å². The molecule has 0 aliphatic heterocycles. The summed E-state index contributed by atoms with van der Waals surface area (Å²) in [6.07, 6.45) is 0.603. The van der Waals surface area contributed by atoms with Gasteiger partial charge in [-0.2, -0.15) is 12.6 Å². The Morgan fingerprint density at radius 2 is 2.38 bits per heavy atom. The zero-order chi connectivity index (χ0) is 6.57. The minimum absolute atomic E-state index is 0.374. The van der Waals surface area contributed by atoms with Gasteiger partial charge in [0.05, 0.1) is 0 Å². The summed E-state index contributed by atoms with van der Waals surface area (Å²) in [6, 6.07) is 0. The van der Waals surface area contributed by atoms with Crippen LogP contribution in [0.4, 0.5) is 0 Å². The van der Waals surface area contributed by atoms with Crippen molar-refractivity contribution in [2.24, 2.45) is 5.92 Å². The Bertz CT molecular complexity index is 78.5. The lowest BCUT2D eigenvalue weighted by molar-refractivity contribution is -0.310. The van der Waals surface area contributed by atoms with Gasteiger partial charge in [-0.25, -0.2) is 0 Å². The molecule has 1 atom stereocenters. The van der Waals surface area contributed by atoms with Crippen LogP contribution in [0.15, 0.2) is 0 Å². The number of carbonyl (C=O) groups is 1. The van der Waals surface area contributed by atoms with Crippen LogP contribution >= 0.6 is 12.6 Å². The van der Waals surface area contributed by atoms with Gasteiger partial charge < -0.3 is 9.90 Å². The van der Waals surface area contributed by atoms with E-state index >= 15 is 0 Å². The second-order valence-corrected chi connectivity index (χ2v) is 1.97. The topological polar surface area (TPSA) is 40.1 Å². The van der Waals surface area contributed by atoms with E-state index in [9.17, 15) is 9.90 Å². The summed E-state index contributed by atoms with van der Waals surface area (Å²) >= 11 is 3.81. The van der Waals surface area contributed by atoms with Crippen molar-refractivity contribution < 1.29 is 9.90 Å². The first-order valence-corrected chi connectivity index (χ1v) is 3.17. The minimum Gasteiger partial charge on any atom is -0.550 e. The molecule has 0 aliphatic rings. The molecule has 48 valence electrons. The fourth-order valence-corrected chi connectivity index (χ4v) is 0.778. The molecule has 0 saturated carbocycles. The van der Waals surface area contributed by atoms with Gasteiger partial charge in [-0.1, -0.05) is 6.92 Å². The van der Waals surface area contributed by atoms with Crippen LogP contribution in [0.3, 0.4) is 0 Å². The molecule has 3 heteroatoms. The normalized spacial score (nSPS) is 13.2. The fourth-order valence-electron chi connectivity index (χ4n) is 0.370. The van der Waals surface area contributed by atoms with Gasteiger partial charge in [0.15, 0.2) is 0 Å². The van der Waals surface area contributed by atoms with Crippen LogP contribution in [0.5, 0.6) is 0 Å². The van der Waals surface area contributed by atoms with Crippen LogP contribution in [0.25, 0.3) is 0 Å². The quantitative estimate of drug-likeness (QED) is 0.536. The van der Waals surface area contributed by atoms with Crippen molar-refractivity contribution in [3.8, 4) is 0 Å². The summed E-state index contributed by atoms with van der Waals surface area (Å²) < 4.78 is 0.